The van der Waals surface area contributed by atoms with Crippen LogP contribution in [0.25, 0.3) is 0 Å². The second kappa shape index (κ2) is 5.27. The van der Waals surface area contributed by atoms with Crippen molar-refractivity contribution in [3.05, 3.63) is 46.7 Å². The highest BCUT2D eigenvalue weighted by molar-refractivity contribution is 9.10. The highest BCUT2D eigenvalue weighted by atomic mass is 79.9. The van der Waals surface area contributed by atoms with E-state index in [1.54, 1.807) is 24.3 Å². The molecule has 0 amide bonds. The first-order valence-electron chi connectivity index (χ1n) is 5.15. The van der Waals surface area contributed by atoms with Gasteiger partial charge in [0, 0.05) is 34.4 Å². The number of ether oxygens (including phenoxy) is 2. The second-order valence-corrected chi connectivity index (χ2v) is 4.56. The Labute approximate surface area is 112 Å². The molecule has 0 heterocycles. The van der Waals surface area contributed by atoms with Gasteiger partial charge in [0.2, 0.25) is 0 Å². The van der Waals surface area contributed by atoms with Crippen LogP contribution in [-0.4, -0.2) is 7.11 Å². The summed E-state index contributed by atoms with van der Waals surface area (Å²) in [5, 5.41) is 0. The van der Waals surface area contributed by atoms with Crippen molar-refractivity contribution in [2.24, 2.45) is 0 Å². The van der Waals surface area contributed by atoms with Crippen LogP contribution in [0.4, 0.5) is 10.1 Å². The maximum Gasteiger partial charge on any atom is 0.133 e. The van der Waals surface area contributed by atoms with Crippen molar-refractivity contribution in [3.8, 4) is 17.2 Å². The quantitative estimate of drug-likeness (QED) is 0.872. The molecule has 0 bridgehead atoms. The standard InChI is InChI=1S/C13H11BrFNO2/c1-17-11-5-10(16)6-13(7-11)18-12-3-8(14)2-9(15)4-12/h2-7H,16H2,1H3. The number of benzene rings is 2. The third-order valence-corrected chi connectivity index (χ3v) is 2.67. The van der Waals surface area contributed by atoms with E-state index < -0.39 is 0 Å². The topological polar surface area (TPSA) is 44.5 Å². The Morgan fingerprint density at radius 3 is 2.33 bits per heavy atom. The van der Waals surface area contributed by atoms with E-state index in [4.69, 9.17) is 15.2 Å². The Morgan fingerprint density at radius 2 is 1.67 bits per heavy atom. The van der Waals surface area contributed by atoms with E-state index >= 15 is 0 Å². The molecular weight excluding hydrogens is 301 g/mol. The van der Waals surface area contributed by atoms with E-state index in [0.29, 0.717) is 27.4 Å². The number of methoxy groups -OCH3 is 1. The lowest BCUT2D eigenvalue weighted by atomic mass is 10.3. The largest absolute Gasteiger partial charge is 0.497 e. The van der Waals surface area contributed by atoms with Gasteiger partial charge in [-0.3, -0.25) is 0 Å². The fraction of sp³-hybridized carbons (Fsp3) is 0.0769. The molecule has 0 atom stereocenters. The van der Waals surface area contributed by atoms with Gasteiger partial charge in [-0.2, -0.15) is 0 Å². The molecule has 5 heteroatoms. The molecule has 2 aromatic carbocycles. The van der Waals surface area contributed by atoms with Crippen LogP contribution in [0.3, 0.4) is 0 Å². The average Bonchev–Trinajstić information content (AvgIpc) is 2.26. The fourth-order valence-electron chi connectivity index (χ4n) is 1.49. The molecule has 3 nitrogen and oxygen atoms in total. The molecule has 0 unspecified atom stereocenters. The molecule has 2 rings (SSSR count). The predicted octanol–water partition coefficient (Wildman–Crippen LogP) is 3.97. The molecule has 0 radical (unpaired) electrons. The van der Waals surface area contributed by atoms with Crippen molar-refractivity contribution in [1.82, 2.24) is 0 Å². The molecule has 18 heavy (non-hydrogen) atoms. The Morgan fingerprint density at radius 1 is 1.00 bits per heavy atom. The number of rotatable bonds is 3. The first-order valence-corrected chi connectivity index (χ1v) is 5.94. The molecule has 0 aliphatic heterocycles. The summed E-state index contributed by atoms with van der Waals surface area (Å²) in [6, 6.07) is 9.30. The zero-order valence-corrected chi connectivity index (χ0v) is 11.2. The monoisotopic (exact) mass is 311 g/mol. The minimum Gasteiger partial charge on any atom is -0.497 e. The van der Waals surface area contributed by atoms with Crippen molar-refractivity contribution >= 4 is 21.6 Å². The van der Waals surface area contributed by atoms with E-state index in [0.717, 1.165) is 0 Å². The molecule has 0 saturated carbocycles. The number of halogens is 2. The minimum atomic E-state index is -0.379. The SMILES string of the molecule is COc1cc(N)cc(Oc2cc(F)cc(Br)c2)c1. The van der Waals surface area contributed by atoms with Crippen molar-refractivity contribution in [1.29, 1.82) is 0 Å². The zero-order valence-electron chi connectivity index (χ0n) is 9.61. The summed E-state index contributed by atoms with van der Waals surface area (Å²) in [5.41, 5.74) is 6.22. The molecule has 0 aromatic heterocycles. The van der Waals surface area contributed by atoms with Gasteiger partial charge in [-0.25, -0.2) is 4.39 Å². The summed E-state index contributed by atoms with van der Waals surface area (Å²) in [6.07, 6.45) is 0. The predicted molar refractivity (Wildman–Crippen MR) is 71.6 cm³/mol. The summed E-state index contributed by atoms with van der Waals surface area (Å²) in [4.78, 5) is 0. The van der Waals surface area contributed by atoms with Crippen LogP contribution in [0.5, 0.6) is 17.2 Å². The summed E-state index contributed by atoms with van der Waals surface area (Å²) in [6.45, 7) is 0. The third-order valence-electron chi connectivity index (χ3n) is 2.21. The number of anilines is 1. The van der Waals surface area contributed by atoms with E-state index in [1.807, 2.05) is 0 Å². The normalized spacial score (nSPS) is 10.2. The van der Waals surface area contributed by atoms with Gasteiger partial charge in [0.1, 0.15) is 23.1 Å². The molecule has 0 fully saturated rings. The van der Waals surface area contributed by atoms with Gasteiger partial charge < -0.3 is 15.2 Å². The van der Waals surface area contributed by atoms with Crippen LogP contribution < -0.4 is 15.2 Å². The summed E-state index contributed by atoms with van der Waals surface area (Å²) < 4.78 is 24.4. The van der Waals surface area contributed by atoms with Gasteiger partial charge in [0.05, 0.1) is 7.11 Å². The summed E-state index contributed by atoms with van der Waals surface area (Å²) in [5.74, 6) is 1.08. The molecule has 0 aliphatic carbocycles. The van der Waals surface area contributed by atoms with Crippen LogP contribution in [0, 0.1) is 5.82 Å². The van der Waals surface area contributed by atoms with Crippen molar-refractivity contribution in [2.45, 2.75) is 0 Å². The first-order chi connectivity index (χ1) is 8.56. The third kappa shape index (κ3) is 3.13. The van der Waals surface area contributed by atoms with Gasteiger partial charge in [-0.15, -0.1) is 0 Å². The maximum atomic E-state index is 13.2. The molecule has 2 aromatic rings. The minimum absolute atomic E-state index is 0.379. The fourth-order valence-corrected chi connectivity index (χ4v) is 1.94. The lowest BCUT2D eigenvalue weighted by molar-refractivity contribution is 0.409. The molecule has 0 saturated heterocycles. The summed E-state index contributed by atoms with van der Waals surface area (Å²) in [7, 11) is 1.54. The van der Waals surface area contributed by atoms with Crippen LogP contribution >= 0.6 is 15.9 Å². The van der Waals surface area contributed by atoms with Crippen molar-refractivity contribution in [3.63, 3.8) is 0 Å². The van der Waals surface area contributed by atoms with Crippen LogP contribution in [0.1, 0.15) is 0 Å². The Kier molecular flexibility index (Phi) is 3.72. The van der Waals surface area contributed by atoms with Gasteiger partial charge in [-0.05, 0) is 12.1 Å². The van der Waals surface area contributed by atoms with E-state index in [1.165, 1.54) is 19.2 Å². The Hall–Kier alpha value is -1.75. The molecule has 94 valence electrons. The Bertz CT molecular complexity index is 555. The van der Waals surface area contributed by atoms with Crippen LogP contribution in [0.2, 0.25) is 0 Å². The number of hydrogen-bond acceptors (Lipinski definition) is 3. The lowest BCUT2D eigenvalue weighted by Crippen LogP contribution is -1.91. The molecule has 0 spiro atoms. The smallest absolute Gasteiger partial charge is 0.133 e. The van der Waals surface area contributed by atoms with Crippen molar-refractivity contribution in [2.75, 3.05) is 12.8 Å². The highest BCUT2D eigenvalue weighted by Crippen LogP contribution is 2.30. The average molecular weight is 312 g/mol. The molecule has 2 N–H and O–H groups in total. The second-order valence-electron chi connectivity index (χ2n) is 3.65. The molecule has 0 aliphatic rings. The lowest BCUT2D eigenvalue weighted by Gasteiger charge is -2.09. The highest BCUT2D eigenvalue weighted by Gasteiger charge is 2.04. The first kappa shape index (κ1) is 12.7. The van der Waals surface area contributed by atoms with Gasteiger partial charge >= 0.3 is 0 Å². The van der Waals surface area contributed by atoms with Gasteiger partial charge in [0.15, 0.2) is 0 Å². The number of hydrogen-bond donors (Lipinski definition) is 1. The van der Waals surface area contributed by atoms with Gasteiger partial charge in [0.25, 0.3) is 0 Å². The zero-order chi connectivity index (χ0) is 13.1. The number of nitrogen functional groups attached to an aromatic ring is 1. The maximum absolute atomic E-state index is 13.2. The van der Waals surface area contributed by atoms with E-state index in [9.17, 15) is 4.39 Å². The van der Waals surface area contributed by atoms with Gasteiger partial charge in [-0.1, -0.05) is 15.9 Å². The number of nitrogens with two attached hydrogens (primary N) is 1. The summed E-state index contributed by atoms with van der Waals surface area (Å²) >= 11 is 3.20. The van der Waals surface area contributed by atoms with Crippen LogP contribution in [-0.2, 0) is 0 Å². The molecular formula is C13H11BrFNO2. The van der Waals surface area contributed by atoms with E-state index in [-0.39, 0.29) is 5.82 Å². The van der Waals surface area contributed by atoms with Crippen molar-refractivity contribution < 1.29 is 13.9 Å². The van der Waals surface area contributed by atoms with Crippen LogP contribution in [0.15, 0.2) is 40.9 Å². The van der Waals surface area contributed by atoms with E-state index in [2.05, 4.69) is 15.9 Å². The Balaban J connectivity index is 2.30.